The van der Waals surface area contributed by atoms with Crippen LogP contribution in [0.15, 0.2) is 97.3 Å². The second kappa shape index (κ2) is 12.3. The van der Waals surface area contributed by atoms with E-state index >= 15 is 0 Å². The van der Waals surface area contributed by atoms with Crippen LogP contribution < -0.4 is 23.7 Å². The van der Waals surface area contributed by atoms with Gasteiger partial charge in [0.15, 0.2) is 23.0 Å². The Hall–Kier alpha value is -4.91. The molecule has 0 radical (unpaired) electrons. The van der Waals surface area contributed by atoms with Gasteiger partial charge in [-0.05, 0) is 41.5 Å². The van der Waals surface area contributed by atoms with Gasteiger partial charge in [-0.2, -0.15) is 0 Å². The average Bonchev–Trinajstić information content (AvgIpc) is 3.43. The van der Waals surface area contributed by atoms with Gasteiger partial charge in [0.05, 0.1) is 46.2 Å². The van der Waals surface area contributed by atoms with Crippen LogP contribution in [0.1, 0.15) is 11.1 Å². The lowest BCUT2D eigenvalue weighted by molar-refractivity contribution is 0.284. The van der Waals surface area contributed by atoms with E-state index in [2.05, 4.69) is 16.7 Å². The minimum atomic E-state index is 0.420. The maximum atomic E-state index is 6.25. The molecule has 7 nitrogen and oxygen atoms in total. The van der Waals surface area contributed by atoms with E-state index in [0.29, 0.717) is 41.9 Å². The van der Waals surface area contributed by atoms with E-state index in [4.69, 9.17) is 28.7 Å². The summed E-state index contributed by atoms with van der Waals surface area (Å²) in [6.45, 7) is 1.06. The van der Waals surface area contributed by atoms with E-state index in [1.807, 2.05) is 85.2 Å². The van der Waals surface area contributed by atoms with Gasteiger partial charge < -0.3 is 28.3 Å². The number of aromatic nitrogens is 2. The molecule has 7 heteroatoms. The number of imidazole rings is 1. The zero-order valence-electron chi connectivity index (χ0n) is 23.1. The topological polar surface area (TPSA) is 64.0 Å². The van der Waals surface area contributed by atoms with E-state index in [9.17, 15) is 0 Å². The number of nitrogens with zero attached hydrogens (tertiary/aromatic N) is 2. The van der Waals surface area contributed by atoms with E-state index in [-0.39, 0.29) is 0 Å². The van der Waals surface area contributed by atoms with Crippen LogP contribution in [0.3, 0.4) is 0 Å². The highest BCUT2D eigenvalue weighted by Gasteiger charge is 2.21. The third kappa shape index (κ3) is 5.59. The average molecular weight is 537 g/mol. The number of benzene rings is 4. The molecule has 0 aliphatic carbocycles. The molecule has 0 unspecified atom stereocenters. The first-order valence-electron chi connectivity index (χ1n) is 12.9. The maximum absolute atomic E-state index is 6.25. The molecule has 204 valence electrons. The molecule has 0 aliphatic heterocycles. The summed E-state index contributed by atoms with van der Waals surface area (Å²) in [6.07, 6.45) is 1.86. The third-order valence-corrected chi connectivity index (χ3v) is 6.65. The third-order valence-electron chi connectivity index (χ3n) is 6.65. The van der Waals surface area contributed by atoms with Crippen LogP contribution in [-0.2, 0) is 13.2 Å². The molecule has 1 aromatic heterocycles. The van der Waals surface area contributed by atoms with Crippen LogP contribution in [0, 0.1) is 0 Å². The summed E-state index contributed by atoms with van der Waals surface area (Å²) in [5.74, 6) is 2.94. The van der Waals surface area contributed by atoms with Crippen LogP contribution in [0.5, 0.6) is 28.7 Å². The van der Waals surface area contributed by atoms with Crippen LogP contribution in [0.4, 0.5) is 0 Å². The first-order chi connectivity index (χ1) is 19.6. The lowest BCUT2D eigenvalue weighted by atomic mass is 10.0. The minimum absolute atomic E-state index is 0.420. The Morgan fingerprint density at radius 3 is 1.80 bits per heavy atom. The molecule has 0 aliphatic rings. The summed E-state index contributed by atoms with van der Waals surface area (Å²) in [4.78, 5) is 4.87. The molecule has 0 saturated heterocycles. The molecule has 5 rings (SSSR count). The SMILES string of the molecule is COc1ccc(-c2c(-c3cc(OC)c(OC)c(OC)c3)ncn2Cc2ccccc2)cc1OCc1ccccc1. The number of ether oxygens (including phenoxy) is 5. The lowest BCUT2D eigenvalue weighted by Crippen LogP contribution is -2.02. The normalized spacial score (nSPS) is 10.7. The minimum Gasteiger partial charge on any atom is -0.493 e. The highest BCUT2D eigenvalue weighted by atomic mass is 16.5. The summed E-state index contributed by atoms with van der Waals surface area (Å²) >= 11 is 0. The summed E-state index contributed by atoms with van der Waals surface area (Å²) in [7, 11) is 6.45. The molecule has 40 heavy (non-hydrogen) atoms. The number of hydrogen-bond acceptors (Lipinski definition) is 6. The Bertz CT molecular complexity index is 1540. The highest BCUT2D eigenvalue weighted by molar-refractivity contribution is 5.82. The van der Waals surface area contributed by atoms with Gasteiger partial charge in [-0.1, -0.05) is 60.7 Å². The quantitative estimate of drug-likeness (QED) is 0.183. The summed E-state index contributed by atoms with van der Waals surface area (Å²) in [5, 5.41) is 0. The second-order valence-electron chi connectivity index (χ2n) is 9.11. The van der Waals surface area contributed by atoms with Gasteiger partial charge in [-0.3, -0.25) is 0 Å². The van der Waals surface area contributed by atoms with E-state index < -0.39 is 0 Å². The van der Waals surface area contributed by atoms with Crippen molar-refractivity contribution in [2.24, 2.45) is 0 Å². The predicted octanol–water partition coefficient (Wildman–Crippen LogP) is 6.88. The van der Waals surface area contributed by atoms with Crippen LogP contribution >= 0.6 is 0 Å². The predicted molar refractivity (Wildman–Crippen MR) is 156 cm³/mol. The number of hydrogen-bond donors (Lipinski definition) is 0. The van der Waals surface area contributed by atoms with E-state index in [1.165, 1.54) is 0 Å². The van der Waals surface area contributed by atoms with E-state index in [0.717, 1.165) is 33.6 Å². The fourth-order valence-corrected chi connectivity index (χ4v) is 4.69. The number of methoxy groups -OCH3 is 4. The molecule has 5 aromatic rings. The molecular formula is C33H32N2O5. The summed E-state index contributed by atoms with van der Waals surface area (Å²) < 4.78 is 30.8. The van der Waals surface area contributed by atoms with Crippen LogP contribution in [0.25, 0.3) is 22.5 Å². The summed E-state index contributed by atoms with van der Waals surface area (Å²) in [5.41, 5.74) is 5.69. The molecule has 1 heterocycles. The van der Waals surface area contributed by atoms with Gasteiger partial charge in [0.2, 0.25) is 5.75 Å². The lowest BCUT2D eigenvalue weighted by Gasteiger charge is -2.16. The van der Waals surface area contributed by atoms with Crippen molar-refractivity contribution in [2.75, 3.05) is 28.4 Å². The van der Waals surface area contributed by atoms with Gasteiger partial charge in [0.25, 0.3) is 0 Å². The van der Waals surface area contributed by atoms with Gasteiger partial charge >= 0.3 is 0 Å². The Morgan fingerprint density at radius 2 is 1.20 bits per heavy atom. The molecule has 0 saturated carbocycles. The largest absolute Gasteiger partial charge is 0.493 e. The van der Waals surface area contributed by atoms with Crippen molar-refractivity contribution in [3.8, 4) is 51.3 Å². The summed E-state index contributed by atoms with van der Waals surface area (Å²) in [6, 6.07) is 30.1. The van der Waals surface area contributed by atoms with Crippen molar-refractivity contribution in [1.29, 1.82) is 0 Å². The zero-order valence-corrected chi connectivity index (χ0v) is 23.1. The first kappa shape index (κ1) is 26.7. The van der Waals surface area contributed by atoms with Gasteiger partial charge in [-0.15, -0.1) is 0 Å². The Morgan fingerprint density at radius 1 is 0.600 bits per heavy atom. The molecular weight excluding hydrogens is 504 g/mol. The first-order valence-corrected chi connectivity index (χ1v) is 12.9. The molecule has 0 atom stereocenters. The van der Waals surface area contributed by atoms with Crippen LogP contribution in [-0.4, -0.2) is 38.0 Å². The molecule has 0 N–H and O–H groups in total. The highest BCUT2D eigenvalue weighted by Crippen LogP contribution is 2.44. The van der Waals surface area contributed by atoms with Crippen LogP contribution in [0.2, 0.25) is 0 Å². The van der Waals surface area contributed by atoms with Crippen molar-refractivity contribution in [1.82, 2.24) is 9.55 Å². The smallest absolute Gasteiger partial charge is 0.203 e. The van der Waals surface area contributed by atoms with Crippen molar-refractivity contribution >= 4 is 0 Å². The molecule has 0 bridgehead atoms. The Balaban J connectivity index is 1.63. The zero-order chi connectivity index (χ0) is 27.9. The molecule has 4 aromatic carbocycles. The van der Waals surface area contributed by atoms with E-state index in [1.54, 1.807) is 28.4 Å². The fourth-order valence-electron chi connectivity index (χ4n) is 4.69. The monoisotopic (exact) mass is 536 g/mol. The van der Waals surface area contributed by atoms with Gasteiger partial charge in [0, 0.05) is 17.7 Å². The maximum Gasteiger partial charge on any atom is 0.203 e. The van der Waals surface area contributed by atoms with Gasteiger partial charge in [-0.25, -0.2) is 4.98 Å². The van der Waals surface area contributed by atoms with Crippen molar-refractivity contribution < 1.29 is 23.7 Å². The standard InChI is InChI=1S/C33H32N2O5/c1-36-27-16-15-25(17-28(27)40-21-24-13-9-6-10-14-24)32-31(34-22-35(32)20-23-11-7-5-8-12-23)26-18-29(37-2)33(39-4)30(19-26)38-3/h5-19,22H,20-21H2,1-4H3. The second-order valence-corrected chi connectivity index (χ2v) is 9.11. The Labute approximate surface area is 234 Å². The molecule has 0 spiro atoms. The fraction of sp³-hybridized carbons (Fsp3) is 0.182. The van der Waals surface area contributed by atoms with Gasteiger partial charge in [0.1, 0.15) is 6.61 Å². The number of rotatable bonds is 11. The van der Waals surface area contributed by atoms with Crippen molar-refractivity contribution in [2.45, 2.75) is 13.2 Å². The molecule has 0 fully saturated rings. The van der Waals surface area contributed by atoms with Crippen molar-refractivity contribution in [3.63, 3.8) is 0 Å². The Kier molecular flexibility index (Phi) is 8.21. The van der Waals surface area contributed by atoms with Crippen molar-refractivity contribution in [3.05, 3.63) is 108 Å². The molecule has 0 amide bonds.